The van der Waals surface area contributed by atoms with Crippen LogP contribution in [-0.4, -0.2) is 39.8 Å². The molecule has 1 fully saturated rings. The molecule has 0 saturated carbocycles. The van der Waals surface area contributed by atoms with E-state index in [0.717, 1.165) is 37.0 Å². The molecule has 6 rings (SSSR count). The highest BCUT2D eigenvalue weighted by Gasteiger charge is 2.33. The van der Waals surface area contributed by atoms with Gasteiger partial charge in [-0.25, -0.2) is 10.1 Å². The third-order valence-electron chi connectivity index (χ3n) is 8.01. The van der Waals surface area contributed by atoms with E-state index >= 15 is 0 Å². The Hall–Kier alpha value is -4.20. The molecule has 1 aromatic heterocycles. The highest BCUT2D eigenvalue weighted by molar-refractivity contribution is 6.08. The number of guanidine groups is 1. The number of nitrogens with zero attached hydrogens (tertiary/aromatic N) is 4. The number of rotatable bonds is 5. The Balaban J connectivity index is 1.31. The van der Waals surface area contributed by atoms with E-state index in [-0.39, 0.29) is 24.2 Å². The molecule has 1 unspecified atom stereocenters. The van der Waals surface area contributed by atoms with Crippen LogP contribution < -0.4 is 0 Å². The lowest BCUT2D eigenvalue weighted by Crippen LogP contribution is -2.52. The van der Waals surface area contributed by atoms with Crippen molar-refractivity contribution >= 4 is 33.4 Å². The summed E-state index contributed by atoms with van der Waals surface area (Å²) < 4.78 is 5.96. The zero-order chi connectivity index (χ0) is 26.2. The maximum atomic E-state index is 12.5. The number of carbonyl (C=O) groups excluding carboxylic acids is 1. The van der Waals surface area contributed by atoms with Crippen LogP contribution in [0.4, 0.5) is 0 Å². The van der Waals surface area contributed by atoms with Crippen LogP contribution in [0.3, 0.4) is 0 Å². The number of hydrogen-bond acceptors (Lipinski definition) is 4. The molecular weight excluding hydrogens is 480 g/mol. The summed E-state index contributed by atoms with van der Waals surface area (Å²) >= 11 is 0. The Labute approximate surface area is 220 Å². The average molecular weight is 511 g/mol. The number of hydrazone groups is 1. The number of furan rings is 1. The van der Waals surface area contributed by atoms with E-state index in [0.29, 0.717) is 19.6 Å². The highest BCUT2D eigenvalue weighted by Crippen LogP contribution is 2.39. The van der Waals surface area contributed by atoms with Crippen molar-refractivity contribution in [2.24, 2.45) is 5.10 Å². The van der Waals surface area contributed by atoms with E-state index < -0.39 is 5.03 Å². The molecule has 1 aliphatic heterocycles. The van der Waals surface area contributed by atoms with Gasteiger partial charge in [0.2, 0.25) is 5.91 Å². The van der Waals surface area contributed by atoms with Crippen LogP contribution in [0.2, 0.25) is 0 Å². The van der Waals surface area contributed by atoms with Crippen molar-refractivity contribution in [2.45, 2.75) is 51.5 Å². The minimum atomic E-state index is -0.723. The summed E-state index contributed by atoms with van der Waals surface area (Å²) in [5, 5.41) is 19.3. The lowest BCUT2D eigenvalue weighted by atomic mass is 9.78. The molecule has 0 radical (unpaired) electrons. The van der Waals surface area contributed by atoms with Gasteiger partial charge in [-0.15, -0.1) is 0 Å². The van der Waals surface area contributed by atoms with Gasteiger partial charge in [0, 0.05) is 19.5 Å². The summed E-state index contributed by atoms with van der Waals surface area (Å²) in [5.41, 5.74) is 3.93. The minimum Gasteiger partial charge on any atom is -0.467 e. The molecule has 194 valence electrons. The summed E-state index contributed by atoms with van der Waals surface area (Å²) in [6, 6.07) is 19.5. The maximum Gasteiger partial charge on any atom is 0.281 e. The first-order valence-electron chi connectivity index (χ1n) is 13.3. The number of amides is 1. The Morgan fingerprint density at radius 3 is 2.76 bits per heavy atom. The van der Waals surface area contributed by atoms with Gasteiger partial charge in [-0.1, -0.05) is 55.5 Å². The van der Waals surface area contributed by atoms with Crippen molar-refractivity contribution in [3.8, 4) is 0 Å². The van der Waals surface area contributed by atoms with Crippen molar-refractivity contribution in [1.82, 2.24) is 9.80 Å². The quantitative estimate of drug-likeness (QED) is 0.191. The molecule has 2 aliphatic rings. The second-order valence-corrected chi connectivity index (χ2v) is 10.1. The Morgan fingerprint density at radius 2 is 1.92 bits per heavy atom. The molecule has 0 spiro atoms. The van der Waals surface area contributed by atoms with E-state index in [1.165, 1.54) is 37.6 Å². The summed E-state index contributed by atoms with van der Waals surface area (Å²) in [6.45, 7) is 3.10. The monoisotopic (exact) mass is 510 g/mol. The molecule has 1 amide bonds. The fraction of sp³-hybridized carbons (Fsp3) is 0.333. The van der Waals surface area contributed by atoms with Crippen LogP contribution in [0, 0.1) is 10.1 Å². The van der Waals surface area contributed by atoms with Gasteiger partial charge in [-0.3, -0.25) is 9.69 Å². The second kappa shape index (κ2) is 9.93. The normalized spacial score (nSPS) is 18.8. The summed E-state index contributed by atoms with van der Waals surface area (Å²) in [6.07, 6.45) is 5.60. The molecule has 38 heavy (non-hydrogen) atoms. The first-order chi connectivity index (χ1) is 18.5. The predicted octanol–water partition coefficient (Wildman–Crippen LogP) is 5.85. The standard InChI is InChI=1S/C30H30N4O4/c1-2-29(35)33-16-5-15-32(30(33)31-34(36)37)19-28-24(14-17-38-28)22-9-8-21-11-12-25-23-7-4-3-6-20(23)10-13-26(25)27(21)18-22/h3-4,6-7,10-14,17,22H,2,5,8-9,15-16,18-19H2,1H3. The first kappa shape index (κ1) is 24.2. The SMILES string of the molecule is CCC(=O)N1CCCN(Cc2occc2C2CCc3ccc4c(ccc5ccccc54)c3C2)C1=N[N+](=O)[O-]. The Bertz CT molecular complexity index is 1570. The summed E-state index contributed by atoms with van der Waals surface area (Å²) in [7, 11) is 0. The molecule has 0 bridgehead atoms. The highest BCUT2D eigenvalue weighted by atomic mass is 16.7. The molecule has 3 aromatic carbocycles. The van der Waals surface area contributed by atoms with Crippen LogP contribution >= 0.6 is 0 Å². The number of carbonyl (C=O) groups is 1. The van der Waals surface area contributed by atoms with E-state index in [1.54, 1.807) is 18.1 Å². The predicted molar refractivity (Wildman–Crippen MR) is 146 cm³/mol. The van der Waals surface area contributed by atoms with E-state index in [4.69, 9.17) is 4.42 Å². The van der Waals surface area contributed by atoms with Crippen LogP contribution in [0.5, 0.6) is 0 Å². The summed E-state index contributed by atoms with van der Waals surface area (Å²) in [4.78, 5) is 27.1. The van der Waals surface area contributed by atoms with Crippen molar-refractivity contribution in [2.75, 3.05) is 13.1 Å². The molecule has 8 heteroatoms. The molecule has 1 aliphatic carbocycles. The second-order valence-electron chi connectivity index (χ2n) is 10.1. The van der Waals surface area contributed by atoms with Gasteiger partial charge in [-0.05, 0) is 75.9 Å². The van der Waals surface area contributed by atoms with Gasteiger partial charge in [0.25, 0.3) is 5.96 Å². The van der Waals surface area contributed by atoms with Gasteiger partial charge in [-0.2, -0.15) is 0 Å². The molecule has 2 heterocycles. The average Bonchev–Trinajstić information content (AvgIpc) is 3.40. The first-order valence-corrected chi connectivity index (χ1v) is 13.3. The molecule has 0 N–H and O–H groups in total. The van der Waals surface area contributed by atoms with Crippen molar-refractivity contribution in [3.05, 3.63) is 93.4 Å². The Morgan fingerprint density at radius 1 is 1.08 bits per heavy atom. The fourth-order valence-corrected chi connectivity index (χ4v) is 6.19. The van der Waals surface area contributed by atoms with Gasteiger partial charge >= 0.3 is 0 Å². The third-order valence-corrected chi connectivity index (χ3v) is 8.01. The van der Waals surface area contributed by atoms with Gasteiger partial charge < -0.3 is 9.32 Å². The fourth-order valence-electron chi connectivity index (χ4n) is 6.19. The molecular formula is C30H30N4O4. The zero-order valence-corrected chi connectivity index (χ0v) is 21.4. The largest absolute Gasteiger partial charge is 0.467 e. The van der Waals surface area contributed by atoms with Crippen molar-refractivity contribution in [1.29, 1.82) is 0 Å². The lowest BCUT2D eigenvalue weighted by molar-refractivity contribution is -0.486. The number of fused-ring (bicyclic) bond motifs is 5. The van der Waals surface area contributed by atoms with Crippen molar-refractivity contribution < 1.29 is 14.2 Å². The number of hydrogen-bond donors (Lipinski definition) is 0. The van der Waals surface area contributed by atoms with Crippen LogP contribution in [0.15, 0.2) is 70.4 Å². The smallest absolute Gasteiger partial charge is 0.281 e. The molecule has 1 atom stereocenters. The lowest BCUT2D eigenvalue weighted by Gasteiger charge is -2.35. The molecule has 8 nitrogen and oxygen atoms in total. The van der Waals surface area contributed by atoms with Gasteiger partial charge in [0.15, 0.2) is 5.03 Å². The van der Waals surface area contributed by atoms with E-state index in [2.05, 4.69) is 53.6 Å². The number of nitro groups is 1. The van der Waals surface area contributed by atoms with Crippen LogP contribution in [-0.2, 0) is 24.2 Å². The zero-order valence-electron chi connectivity index (χ0n) is 21.4. The molecule has 1 saturated heterocycles. The topological polar surface area (TPSA) is 92.2 Å². The molecule has 4 aromatic rings. The number of aryl methyl sites for hydroxylation is 1. The van der Waals surface area contributed by atoms with Gasteiger partial charge in [0.05, 0.1) is 12.8 Å². The van der Waals surface area contributed by atoms with E-state index in [9.17, 15) is 14.9 Å². The summed E-state index contributed by atoms with van der Waals surface area (Å²) in [5.74, 6) is 0.994. The van der Waals surface area contributed by atoms with Gasteiger partial charge in [0.1, 0.15) is 10.9 Å². The van der Waals surface area contributed by atoms with Crippen LogP contribution in [0.25, 0.3) is 21.5 Å². The Kier molecular flexibility index (Phi) is 6.31. The minimum absolute atomic E-state index is 0.0994. The maximum absolute atomic E-state index is 12.5. The third kappa shape index (κ3) is 4.30. The van der Waals surface area contributed by atoms with Crippen molar-refractivity contribution in [3.63, 3.8) is 0 Å². The van der Waals surface area contributed by atoms with E-state index in [1.807, 2.05) is 6.07 Å². The van der Waals surface area contributed by atoms with Crippen LogP contribution in [0.1, 0.15) is 54.6 Å². The number of benzene rings is 3.